The predicted octanol–water partition coefficient (Wildman–Crippen LogP) is 3.81. The largest absolute Gasteiger partial charge is 0.352 e. The minimum atomic E-state index is -0.0984. The van der Waals surface area contributed by atoms with Gasteiger partial charge >= 0.3 is 0 Å². The summed E-state index contributed by atoms with van der Waals surface area (Å²) in [6.45, 7) is 0.599. The second-order valence-electron chi connectivity index (χ2n) is 6.09. The van der Waals surface area contributed by atoms with E-state index < -0.39 is 0 Å². The summed E-state index contributed by atoms with van der Waals surface area (Å²) >= 11 is 1.44. The molecule has 0 radical (unpaired) electrons. The van der Waals surface area contributed by atoms with Crippen LogP contribution in [0.2, 0.25) is 0 Å². The van der Waals surface area contributed by atoms with Gasteiger partial charge in [-0.05, 0) is 42.7 Å². The van der Waals surface area contributed by atoms with Gasteiger partial charge in [-0.1, -0.05) is 36.0 Å². The van der Waals surface area contributed by atoms with E-state index in [0.29, 0.717) is 17.7 Å². The summed E-state index contributed by atoms with van der Waals surface area (Å²) < 4.78 is 1.78. The fourth-order valence-electron chi connectivity index (χ4n) is 2.70. The Balaban J connectivity index is 1.62. The third-order valence-electron chi connectivity index (χ3n) is 4.05. The normalized spacial score (nSPS) is 10.4. The van der Waals surface area contributed by atoms with Gasteiger partial charge in [0.25, 0.3) is 5.91 Å². The van der Waals surface area contributed by atoms with Crippen molar-refractivity contribution in [2.24, 2.45) is 7.05 Å². The molecular formula is C21H20N4OS. The van der Waals surface area contributed by atoms with Crippen LogP contribution in [0.5, 0.6) is 0 Å². The highest BCUT2D eigenvalue weighted by atomic mass is 32.2. The lowest BCUT2D eigenvalue weighted by molar-refractivity contribution is 0.0950. The van der Waals surface area contributed by atoms with E-state index in [0.717, 1.165) is 28.2 Å². The number of rotatable bonds is 7. The second kappa shape index (κ2) is 9.06. The van der Waals surface area contributed by atoms with Gasteiger partial charge in [0.2, 0.25) is 0 Å². The van der Waals surface area contributed by atoms with Crippen molar-refractivity contribution in [3.05, 3.63) is 77.6 Å². The van der Waals surface area contributed by atoms with E-state index in [1.165, 1.54) is 11.8 Å². The van der Waals surface area contributed by atoms with E-state index >= 15 is 0 Å². The number of hydrogen-bond donors (Lipinski definition) is 1. The maximum Gasteiger partial charge on any atom is 0.252 e. The molecule has 1 N–H and O–H groups in total. The first-order valence-electron chi connectivity index (χ1n) is 8.69. The summed E-state index contributed by atoms with van der Waals surface area (Å²) in [5.74, 6) is -0.0984. The van der Waals surface area contributed by atoms with Crippen LogP contribution in [0.3, 0.4) is 0 Å². The SMILES string of the molecule is Cn1cc(CCCNC(=O)c2ccccc2Sc2ccccc2C#N)cn1. The first kappa shape index (κ1) is 18.7. The zero-order chi connectivity index (χ0) is 19.1. The Hall–Kier alpha value is -3.04. The number of aromatic nitrogens is 2. The molecule has 0 fully saturated rings. The van der Waals surface area contributed by atoms with Gasteiger partial charge in [0.1, 0.15) is 6.07 Å². The number of benzene rings is 2. The van der Waals surface area contributed by atoms with Crippen LogP contribution in [0.25, 0.3) is 0 Å². The summed E-state index contributed by atoms with van der Waals surface area (Å²) in [5, 5.41) is 16.4. The fourth-order valence-corrected chi connectivity index (χ4v) is 3.72. The highest BCUT2D eigenvalue weighted by Gasteiger charge is 2.13. The van der Waals surface area contributed by atoms with E-state index in [4.69, 9.17) is 0 Å². The number of nitrogens with zero attached hydrogens (tertiary/aromatic N) is 3. The maximum absolute atomic E-state index is 12.6. The molecule has 0 aliphatic rings. The lowest BCUT2D eigenvalue weighted by Gasteiger charge is -2.10. The Kier molecular flexibility index (Phi) is 6.29. The average Bonchev–Trinajstić information content (AvgIpc) is 3.11. The molecule has 2 aromatic carbocycles. The van der Waals surface area contributed by atoms with E-state index in [1.54, 1.807) is 10.7 Å². The first-order chi connectivity index (χ1) is 13.2. The molecular weight excluding hydrogens is 356 g/mol. The predicted molar refractivity (Wildman–Crippen MR) is 106 cm³/mol. The van der Waals surface area contributed by atoms with Gasteiger partial charge in [0, 0.05) is 29.6 Å². The van der Waals surface area contributed by atoms with Gasteiger partial charge in [0.15, 0.2) is 0 Å². The highest BCUT2D eigenvalue weighted by molar-refractivity contribution is 7.99. The summed E-state index contributed by atoms with van der Waals surface area (Å²) in [6, 6.07) is 17.1. The molecule has 136 valence electrons. The van der Waals surface area contributed by atoms with Crippen molar-refractivity contribution in [3.8, 4) is 6.07 Å². The van der Waals surface area contributed by atoms with Crippen LogP contribution in [0.1, 0.15) is 27.9 Å². The highest BCUT2D eigenvalue weighted by Crippen LogP contribution is 2.32. The average molecular weight is 376 g/mol. The van der Waals surface area contributed by atoms with Crippen LogP contribution in [0.4, 0.5) is 0 Å². The van der Waals surface area contributed by atoms with Gasteiger partial charge in [-0.25, -0.2) is 0 Å². The Morgan fingerprint density at radius 3 is 2.67 bits per heavy atom. The molecule has 1 heterocycles. The number of amides is 1. The third kappa shape index (κ3) is 4.99. The topological polar surface area (TPSA) is 70.7 Å². The Morgan fingerprint density at radius 2 is 1.93 bits per heavy atom. The molecule has 0 saturated carbocycles. The van der Waals surface area contributed by atoms with Crippen molar-refractivity contribution in [3.63, 3.8) is 0 Å². The van der Waals surface area contributed by atoms with Gasteiger partial charge in [0.05, 0.1) is 17.3 Å². The Morgan fingerprint density at radius 1 is 1.19 bits per heavy atom. The van der Waals surface area contributed by atoms with Gasteiger partial charge in [-0.2, -0.15) is 10.4 Å². The lowest BCUT2D eigenvalue weighted by atomic mass is 10.2. The smallest absolute Gasteiger partial charge is 0.252 e. The number of aryl methyl sites for hydroxylation is 2. The monoisotopic (exact) mass is 376 g/mol. The molecule has 3 rings (SSSR count). The van der Waals surface area contributed by atoms with Gasteiger partial charge in [-0.15, -0.1) is 0 Å². The van der Waals surface area contributed by atoms with Gasteiger partial charge in [-0.3, -0.25) is 9.48 Å². The minimum Gasteiger partial charge on any atom is -0.352 e. The second-order valence-corrected chi connectivity index (χ2v) is 7.17. The Bertz CT molecular complexity index is 974. The van der Waals surface area contributed by atoms with Crippen molar-refractivity contribution in [2.45, 2.75) is 22.6 Å². The number of nitriles is 1. The number of carbonyl (C=O) groups is 1. The van der Waals surface area contributed by atoms with Crippen LogP contribution in [-0.4, -0.2) is 22.2 Å². The number of carbonyl (C=O) groups excluding carboxylic acids is 1. The van der Waals surface area contributed by atoms with E-state index in [2.05, 4.69) is 16.5 Å². The van der Waals surface area contributed by atoms with Crippen LogP contribution < -0.4 is 5.32 Å². The molecule has 5 nitrogen and oxygen atoms in total. The van der Waals surface area contributed by atoms with Crippen molar-refractivity contribution in [2.75, 3.05) is 6.54 Å². The minimum absolute atomic E-state index is 0.0984. The molecule has 0 unspecified atom stereocenters. The lowest BCUT2D eigenvalue weighted by Crippen LogP contribution is -2.25. The molecule has 1 amide bonds. The first-order valence-corrected chi connectivity index (χ1v) is 9.51. The Labute approximate surface area is 163 Å². The van der Waals surface area contributed by atoms with E-state index in [1.807, 2.05) is 61.9 Å². The summed E-state index contributed by atoms with van der Waals surface area (Å²) in [7, 11) is 1.89. The summed E-state index contributed by atoms with van der Waals surface area (Å²) in [6.07, 6.45) is 5.56. The van der Waals surface area contributed by atoms with Crippen LogP contribution in [-0.2, 0) is 13.5 Å². The van der Waals surface area contributed by atoms with E-state index in [-0.39, 0.29) is 5.91 Å². The molecule has 1 aromatic heterocycles. The zero-order valence-corrected chi connectivity index (χ0v) is 15.9. The van der Waals surface area contributed by atoms with Crippen molar-refractivity contribution in [1.29, 1.82) is 5.26 Å². The fraction of sp³-hybridized carbons (Fsp3) is 0.190. The summed E-state index contributed by atoms with van der Waals surface area (Å²) in [4.78, 5) is 14.3. The summed E-state index contributed by atoms with van der Waals surface area (Å²) in [5.41, 5.74) is 2.39. The molecule has 0 aliphatic heterocycles. The zero-order valence-electron chi connectivity index (χ0n) is 15.1. The molecule has 0 spiro atoms. The molecule has 0 bridgehead atoms. The molecule has 0 saturated heterocycles. The number of nitrogens with one attached hydrogen (secondary N) is 1. The van der Waals surface area contributed by atoms with Crippen LogP contribution >= 0.6 is 11.8 Å². The maximum atomic E-state index is 12.6. The number of hydrogen-bond acceptors (Lipinski definition) is 4. The molecule has 3 aromatic rings. The van der Waals surface area contributed by atoms with Crippen molar-refractivity contribution in [1.82, 2.24) is 15.1 Å². The standard InChI is InChI=1S/C21H20N4OS/c1-25-15-16(14-24-25)7-6-12-23-21(26)18-9-3-5-11-20(18)27-19-10-4-2-8-17(19)13-22/h2-5,8-11,14-15H,6-7,12H2,1H3,(H,23,26). The van der Waals surface area contributed by atoms with Gasteiger partial charge < -0.3 is 5.32 Å². The van der Waals surface area contributed by atoms with Crippen molar-refractivity contribution < 1.29 is 4.79 Å². The molecule has 27 heavy (non-hydrogen) atoms. The molecule has 0 aliphatic carbocycles. The van der Waals surface area contributed by atoms with Crippen LogP contribution in [0.15, 0.2) is 70.7 Å². The quantitative estimate of drug-likeness (QED) is 0.637. The van der Waals surface area contributed by atoms with Crippen molar-refractivity contribution >= 4 is 17.7 Å². The third-order valence-corrected chi connectivity index (χ3v) is 5.20. The van der Waals surface area contributed by atoms with Crippen LogP contribution in [0, 0.1) is 11.3 Å². The molecule has 0 atom stereocenters. The molecule has 6 heteroatoms. The van der Waals surface area contributed by atoms with E-state index in [9.17, 15) is 10.1 Å².